The molecule has 19 heavy (non-hydrogen) atoms. The minimum atomic E-state index is -0.900. The summed E-state index contributed by atoms with van der Waals surface area (Å²) in [5.74, 6) is -0.455. The zero-order valence-electron chi connectivity index (χ0n) is 9.66. The van der Waals surface area contributed by atoms with Crippen LogP contribution in [0.2, 0.25) is 0 Å². The van der Waals surface area contributed by atoms with Crippen LogP contribution in [0.5, 0.6) is 5.88 Å². The first kappa shape index (κ1) is 14.2. The van der Waals surface area contributed by atoms with Crippen LogP contribution in [0.25, 0.3) is 0 Å². The van der Waals surface area contributed by atoms with Gasteiger partial charge in [-0.2, -0.15) is 4.98 Å². The second kappa shape index (κ2) is 6.31. The molecular weight excluding hydrogens is 354 g/mol. The maximum Gasteiger partial charge on any atom is 0.309 e. The van der Waals surface area contributed by atoms with E-state index in [0.29, 0.717) is 25.5 Å². The summed E-state index contributed by atoms with van der Waals surface area (Å²) < 4.78 is 6.44. The molecule has 0 aromatic carbocycles. The van der Waals surface area contributed by atoms with Gasteiger partial charge in [-0.3, -0.25) is 4.79 Å². The van der Waals surface area contributed by atoms with E-state index in [1.807, 2.05) is 0 Å². The maximum absolute atomic E-state index is 10.6. The summed E-state index contributed by atoms with van der Waals surface area (Å²) in [6.07, 6.45) is 1.52. The fourth-order valence-electron chi connectivity index (χ4n) is 1.18. The smallest absolute Gasteiger partial charge is 0.309 e. The van der Waals surface area contributed by atoms with Crippen LogP contribution in [0, 0.1) is 0 Å². The second-order valence-corrected chi connectivity index (χ2v) is 6.21. The van der Waals surface area contributed by atoms with Gasteiger partial charge >= 0.3 is 5.97 Å². The van der Waals surface area contributed by atoms with Crippen LogP contribution >= 0.6 is 39.0 Å². The number of halogens is 1. The van der Waals surface area contributed by atoms with Gasteiger partial charge in [0.2, 0.25) is 5.88 Å². The van der Waals surface area contributed by atoms with Gasteiger partial charge in [-0.05, 0) is 27.7 Å². The molecule has 0 saturated carbocycles. The molecule has 0 bridgehead atoms. The minimum Gasteiger partial charge on any atom is -0.481 e. The summed E-state index contributed by atoms with van der Waals surface area (Å²) in [6.45, 7) is 0. The molecule has 2 heterocycles. The summed E-state index contributed by atoms with van der Waals surface area (Å²) in [5.41, 5.74) is 0.532. The lowest BCUT2D eigenvalue weighted by atomic mass is 10.3. The topological polar surface area (TPSA) is 85.2 Å². The molecule has 0 unspecified atom stereocenters. The normalized spacial score (nSPS) is 10.4. The number of hydrogen-bond acceptors (Lipinski definition) is 7. The number of nitrogens with zero attached hydrogens (tertiary/aromatic N) is 3. The summed E-state index contributed by atoms with van der Waals surface area (Å²) >= 11 is 5.89. The third kappa shape index (κ3) is 3.88. The molecule has 0 radical (unpaired) electrons. The molecule has 2 aromatic rings. The number of carbonyl (C=O) groups is 1. The van der Waals surface area contributed by atoms with Crippen molar-refractivity contribution in [1.29, 1.82) is 0 Å². The minimum absolute atomic E-state index is 0.0818. The summed E-state index contributed by atoms with van der Waals surface area (Å²) in [7, 11) is 1.52. The van der Waals surface area contributed by atoms with Crippen molar-refractivity contribution in [2.45, 2.75) is 15.9 Å². The third-order valence-corrected chi connectivity index (χ3v) is 4.34. The standard InChI is InChI=1S/C10H8BrN3O3S2/c1-17-8-6(11)3-12-9(14-8)19-10-13-5(4-18-10)2-7(15)16/h3-4H,2H2,1H3,(H,15,16). The van der Waals surface area contributed by atoms with Crippen LogP contribution in [-0.4, -0.2) is 33.1 Å². The van der Waals surface area contributed by atoms with Gasteiger partial charge in [0.1, 0.15) is 0 Å². The number of aromatic nitrogens is 3. The lowest BCUT2D eigenvalue weighted by Crippen LogP contribution is -1.99. The largest absolute Gasteiger partial charge is 0.481 e. The van der Waals surface area contributed by atoms with Gasteiger partial charge in [0, 0.05) is 11.6 Å². The highest BCUT2D eigenvalue weighted by atomic mass is 79.9. The molecule has 6 nitrogen and oxygen atoms in total. The number of carboxylic acids is 1. The maximum atomic E-state index is 10.6. The van der Waals surface area contributed by atoms with Crippen LogP contribution < -0.4 is 4.74 Å². The Hall–Kier alpha value is -1.19. The van der Waals surface area contributed by atoms with Gasteiger partial charge in [0.05, 0.1) is 23.7 Å². The molecule has 0 aliphatic rings. The van der Waals surface area contributed by atoms with Crippen molar-refractivity contribution in [1.82, 2.24) is 15.0 Å². The Morgan fingerprint density at radius 2 is 2.37 bits per heavy atom. The lowest BCUT2D eigenvalue weighted by molar-refractivity contribution is -0.136. The van der Waals surface area contributed by atoms with Crippen molar-refractivity contribution in [2.24, 2.45) is 0 Å². The van der Waals surface area contributed by atoms with Gasteiger partial charge in [0.25, 0.3) is 0 Å². The Kier molecular flexibility index (Phi) is 4.72. The van der Waals surface area contributed by atoms with E-state index in [4.69, 9.17) is 9.84 Å². The van der Waals surface area contributed by atoms with Crippen LogP contribution in [0.3, 0.4) is 0 Å². The molecule has 100 valence electrons. The highest BCUT2D eigenvalue weighted by molar-refractivity contribution is 9.10. The molecule has 0 atom stereocenters. The first-order valence-electron chi connectivity index (χ1n) is 4.99. The number of ether oxygens (including phenoxy) is 1. The summed E-state index contributed by atoms with van der Waals surface area (Å²) in [4.78, 5) is 23.1. The Bertz CT molecular complexity index is 605. The van der Waals surface area contributed by atoms with Crippen molar-refractivity contribution in [3.63, 3.8) is 0 Å². The zero-order valence-corrected chi connectivity index (χ0v) is 12.9. The predicted molar refractivity (Wildman–Crippen MR) is 73.9 cm³/mol. The van der Waals surface area contributed by atoms with E-state index in [9.17, 15) is 4.79 Å². The first-order valence-corrected chi connectivity index (χ1v) is 7.48. The van der Waals surface area contributed by atoms with E-state index in [1.165, 1.54) is 30.2 Å². The van der Waals surface area contributed by atoms with Crippen LogP contribution in [0.15, 0.2) is 25.5 Å². The number of thiazole rings is 1. The zero-order chi connectivity index (χ0) is 13.8. The van der Waals surface area contributed by atoms with Gasteiger partial charge in [-0.15, -0.1) is 11.3 Å². The van der Waals surface area contributed by atoms with E-state index in [2.05, 4.69) is 30.9 Å². The predicted octanol–water partition coefficient (Wildman–Crippen LogP) is 2.48. The average Bonchev–Trinajstić information content (AvgIpc) is 2.78. The first-order chi connectivity index (χ1) is 9.08. The lowest BCUT2D eigenvalue weighted by Gasteiger charge is -2.02. The van der Waals surface area contributed by atoms with E-state index in [0.717, 1.165) is 0 Å². The average molecular weight is 362 g/mol. The van der Waals surface area contributed by atoms with E-state index < -0.39 is 5.97 Å². The number of hydrogen-bond donors (Lipinski definition) is 1. The van der Waals surface area contributed by atoms with Crippen molar-refractivity contribution >= 4 is 45.0 Å². The Labute approximate surface area is 125 Å². The Morgan fingerprint density at radius 3 is 3.05 bits per heavy atom. The summed E-state index contributed by atoms with van der Waals surface area (Å²) in [5, 5.41) is 10.9. The van der Waals surface area contributed by atoms with Gasteiger partial charge in [0.15, 0.2) is 9.50 Å². The fourth-order valence-corrected chi connectivity index (χ4v) is 3.19. The Morgan fingerprint density at radius 1 is 1.58 bits per heavy atom. The SMILES string of the molecule is COc1nc(Sc2nc(CC(=O)O)cs2)ncc1Br. The monoisotopic (exact) mass is 361 g/mol. The quantitative estimate of drug-likeness (QED) is 0.818. The fraction of sp³-hybridized carbons (Fsp3) is 0.200. The van der Waals surface area contributed by atoms with Gasteiger partial charge in [-0.25, -0.2) is 9.97 Å². The second-order valence-electron chi connectivity index (χ2n) is 3.29. The number of methoxy groups -OCH3 is 1. The number of carboxylic acid groups (broad SMARTS) is 1. The van der Waals surface area contributed by atoms with Crippen molar-refractivity contribution < 1.29 is 14.6 Å². The molecule has 0 fully saturated rings. The van der Waals surface area contributed by atoms with Crippen molar-refractivity contribution in [2.75, 3.05) is 7.11 Å². The highest BCUT2D eigenvalue weighted by Gasteiger charge is 2.11. The molecule has 9 heteroatoms. The van der Waals surface area contributed by atoms with Crippen molar-refractivity contribution in [3.05, 3.63) is 21.7 Å². The van der Waals surface area contributed by atoms with Crippen molar-refractivity contribution in [3.8, 4) is 5.88 Å². The molecule has 0 aliphatic heterocycles. The molecule has 1 N–H and O–H groups in total. The molecule has 2 aromatic heterocycles. The van der Waals surface area contributed by atoms with E-state index >= 15 is 0 Å². The van der Waals surface area contributed by atoms with E-state index in [1.54, 1.807) is 11.6 Å². The van der Waals surface area contributed by atoms with E-state index in [-0.39, 0.29) is 6.42 Å². The van der Waals surface area contributed by atoms with Crippen LogP contribution in [-0.2, 0) is 11.2 Å². The van der Waals surface area contributed by atoms with Crippen LogP contribution in [0.1, 0.15) is 5.69 Å². The highest BCUT2D eigenvalue weighted by Crippen LogP contribution is 2.30. The number of rotatable bonds is 5. The molecular formula is C10H8BrN3O3S2. The van der Waals surface area contributed by atoms with Gasteiger partial charge in [-0.1, -0.05) is 0 Å². The molecule has 0 aliphatic carbocycles. The molecule has 2 rings (SSSR count). The molecule has 0 amide bonds. The number of aliphatic carboxylic acids is 1. The third-order valence-electron chi connectivity index (χ3n) is 1.92. The molecule has 0 saturated heterocycles. The molecule has 0 spiro atoms. The van der Waals surface area contributed by atoms with Crippen LogP contribution in [0.4, 0.5) is 0 Å². The van der Waals surface area contributed by atoms with Gasteiger partial charge < -0.3 is 9.84 Å². The summed E-state index contributed by atoms with van der Waals surface area (Å²) in [6, 6.07) is 0. The Balaban J connectivity index is 2.12.